The molecule has 0 aromatic carbocycles. The Morgan fingerprint density at radius 2 is 2.27 bits per heavy atom. The summed E-state index contributed by atoms with van der Waals surface area (Å²) in [5.41, 5.74) is 0. The van der Waals surface area contributed by atoms with Crippen molar-refractivity contribution in [1.29, 1.82) is 0 Å². The van der Waals surface area contributed by atoms with Crippen LogP contribution < -0.4 is 5.32 Å². The average Bonchev–Trinajstić information content (AvgIpc) is 2.26. The molecule has 1 unspecified atom stereocenters. The topological polar surface area (TPSA) is 55.4 Å². The van der Waals surface area contributed by atoms with Crippen LogP contribution >= 0.6 is 0 Å². The monoisotopic (exact) mass is 235 g/mol. The maximum Gasteiger partial charge on any atom is 0.150 e. The number of nitrogens with one attached hydrogen (secondary N) is 1. The van der Waals surface area contributed by atoms with Crippen LogP contribution in [0.3, 0.4) is 0 Å². The lowest BCUT2D eigenvalue weighted by Gasteiger charge is -2.23. The molecule has 15 heavy (non-hydrogen) atoms. The maximum atomic E-state index is 11.2. The molecule has 1 atom stereocenters. The standard InChI is InChI=1S/C10H21NO3S/c1-2-15(12,13)8-4-6-11-10-5-3-7-14-9-10/h10-11H,2-9H2,1H3. The van der Waals surface area contributed by atoms with Gasteiger partial charge in [0.05, 0.1) is 12.4 Å². The Bertz CT molecular complexity index is 258. The Morgan fingerprint density at radius 1 is 1.47 bits per heavy atom. The Labute approximate surface area is 92.3 Å². The molecule has 90 valence electrons. The second kappa shape index (κ2) is 6.45. The van der Waals surface area contributed by atoms with Gasteiger partial charge in [-0.05, 0) is 25.8 Å². The molecule has 0 radical (unpaired) electrons. The van der Waals surface area contributed by atoms with E-state index in [0.717, 1.165) is 32.6 Å². The molecule has 1 aliphatic rings. The molecular formula is C10H21NO3S. The molecule has 4 nitrogen and oxygen atoms in total. The van der Waals surface area contributed by atoms with Crippen molar-refractivity contribution in [2.24, 2.45) is 0 Å². The third-order valence-electron chi connectivity index (χ3n) is 2.67. The highest BCUT2D eigenvalue weighted by Crippen LogP contribution is 2.05. The Balaban J connectivity index is 2.06. The predicted molar refractivity (Wildman–Crippen MR) is 60.8 cm³/mol. The summed E-state index contributed by atoms with van der Waals surface area (Å²) in [5.74, 6) is 0.545. The molecule has 1 aliphatic heterocycles. The van der Waals surface area contributed by atoms with Gasteiger partial charge in [0.15, 0.2) is 0 Å². The van der Waals surface area contributed by atoms with Gasteiger partial charge in [0.1, 0.15) is 9.84 Å². The van der Waals surface area contributed by atoms with E-state index in [-0.39, 0.29) is 5.75 Å². The Hall–Kier alpha value is -0.130. The number of hydrogen-bond acceptors (Lipinski definition) is 4. The number of sulfone groups is 1. The van der Waals surface area contributed by atoms with Crippen molar-refractivity contribution in [2.45, 2.75) is 32.2 Å². The van der Waals surface area contributed by atoms with Crippen molar-refractivity contribution in [2.75, 3.05) is 31.3 Å². The molecule has 5 heteroatoms. The van der Waals surface area contributed by atoms with Crippen LogP contribution in [-0.4, -0.2) is 45.7 Å². The van der Waals surface area contributed by atoms with E-state index < -0.39 is 9.84 Å². The van der Waals surface area contributed by atoms with E-state index in [4.69, 9.17) is 4.74 Å². The van der Waals surface area contributed by atoms with Crippen LogP contribution in [0.1, 0.15) is 26.2 Å². The predicted octanol–water partition coefficient (Wildman–Crippen LogP) is 0.580. The van der Waals surface area contributed by atoms with Gasteiger partial charge < -0.3 is 10.1 Å². The molecule has 1 saturated heterocycles. The molecule has 1 fully saturated rings. The van der Waals surface area contributed by atoms with Crippen LogP contribution in [-0.2, 0) is 14.6 Å². The summed E-state index contributed by atoms with van der Waals surface area (Å²) in [6.45, 7) is 4.09. The summed E-state index contributed by atoms with van der Waals surface area (Å²) in [6.07, 6.45) is 2.94. The fourth-order valence-corrected chi connectivity index (χ4v) is 2.52. The third-order valence-corrected chi connectivity index (χ3v) is 4.46. The number of ether oxygens (including phenoxy) is 1. The van der Waals surface area contributed by atoms with E-state index >= 15 is 0 Å². The molecule has 0 spiro atoms. The van der Waals surface area contributed by atoms with Crippen molar-refractivity contribution < 1.29 is 13.2 Å². The molecule has 0 amide bonds. The lowest BCUT2D eigenvalue weighted by Crippen LogP contribution is -2.37. The van der Waals surface area contributed by atoms with Gasteiger partial charge in [-0.2, -0.15) is 0 Å². The molecule has 0 aliphatic carbocycles. The first-order valence-electron chi connectivity index (χ1n) is 5.65. The van der Waals surface area contributed by atoms with Crippen LogP contribution in [0.15, 0.2) is 0 Å². The molecule has 0 bridgehead atoms. The van der Waals surface area contributed by atoms with E-state index in [1.165, 1.54) is 0 Å². The SMILES string of the molecule is CCS(=O)(=O)CCCNC1CCCOC1. The van der Waals surface area contributed by atoms with E-state index in [2.05, 4.69) is 5.32 Å². The largest absolute Gasteiger partial charge is 0.380 e. The van der Waals surface area contributed by atoms with Gasteiger partial charge in [0.2, 0.25) is 0 Å². The molecule has 0 saturated carbocycles. The van der Waals surface area contributed by atoms with Crippen molar-refractivity contribution in [3.05, 3.63) is 0 Å². The fourth-order valence-electron chi connectivity index (χ4n) is 1.64. The minimum atomic E-state index is -2.79. The first kappa shape index (κ1) is 12.9. The highest BCUT2D eigenvalue weighted by Gasteiger charge is 2.13. The average molecular weight is 235 g/mol. The van der Waals surface area contributed by atoms with Gasteiger partial charge in [0, 0.05) is 18.4 Å². The fraction of sp³-hybridized carbons (Fsp3) is 1.00. The third kappa shape index (κ3) is 5.49. The van der Waals surface area contributed by atoms with Crippen molar-refractivity contribution in [3.8, 4) is 0 Å². The lowest BCUT2D eigenvalue weighted by atomic mass is 10.1. The summed E-state index contributed by atoms with van der Waals surface area (Å²) in [7, 11) is -2.79. The Kier molecular flexibility index (Phi) is 5.56. The van der Waals surface area contributed by atoms with E-state index in [0.29, 0.717) is 18.2 Å². The van der Waals surface area contributed by atoms with Gasteiger partial charge in [-0.15, -0.1) is 0 Å². The number of hydrogen-bond donors (Lipinski definition) is 1. The molecule has 1 heterocycles. The van der Waals surface area contributed by atoms with E-state index in [1.807, 2.05) is 0 Å². The summed E-state index contributed by atoms with van der Waals surface area (Å²) in [6, 6.07) is 0.420. The maximum absolute atomic E-state index is 11.2. The van der Waals surface area contributed by atoms with Gasteiger partial charge in [0.25, 0.3) is 0 Å². The second-order valence-electron chi connectivity index (χ2n) is 3.96. The number of rotatable bonds is 6. The van der Waals surface area contributed by atoms with Crippen LogP contribution in [0.4, 0.5) is 0 Å². The summed E-state index contributed by atoms with van der Waals surface area (Å²) >= 11 is 0. The quantitative estimate of drug-likeness (QED) is 0.684. The summed E-state index contributed by atoms with van der Waals surface area (Å²) < 4.78 is 27.7. The van der Waals surface area contributed by atoms with Gasteiger partial charge in [-0.1, -0.05) is 6.92 Å². The minimum Gasteiger partial charge on any atom is -0.380 e. The Morgan fingerprint density at radius 3 is 2.87 bits per heavy atom. The zero-order valence-electron chi connectivity index (χ0n) is 9.37. The van der Waals surface area contributed by atoms with Crippen LogP contribution in [0.2, 0.25) is 0 Å². The van der Waals surface area contributed by atoms with Crippen LogP contribution in [0.5, 0.6) is 0 Å². The van der Waals surface area contributed by atoms with E-state index in [9.17, 15) is 8.42 Å². The molecule has 1 N–H and O–H groups in total. The van der Waals surface area contributed by atoms with Gasteiger partial charge in [-0.3, -0.25) is 0 Å². The van der Waals surface area contributed by atoms with Gasteiger partial charge >= 0.3 is 0 Å². The zero-order chi connectivity index (χ0) is 11.1. The van der Waals surface area contributed by atoms with Crippen molar-refractivity contribution >= 4 is 9.84 Å². The summed E-state index contributed by atoms with van der Waals surface area (Å²) in [4.78, 5) is 0. The normalized spacial score (nSPS) is 22.9. The van der Waals surface area contributed by atoms with Crippen molar-refractivity contribution in [3.63, 3.8) is 0 Å². The smallest absolute Gasteiger partial charge is 0.150 e. The molecule has 0 aromatic heterocycles. The van der Waals surface area contributed by atoms with E-state index in [1.54, 1.807) is 6.92 Å². The second-order valence-corrected chi connectivity index (χ2v) is 6.43. The minimum absolute atomic E-state index is 0.250. The first-order chi connectivity index (χ1) is 7.14. The molecular weight excluding hydrogens is 214 g/mol. The highest BCUT2D eigenvalue weighted by molar-refractivity contribution is 7.91. The van der Waals surface area contributed by atoms with Crippen LogP contribution in [0, 0.1) is 0 Å². The zero-order valence-corrected chi connectivity index (χ0v) is 10.2. The first-order valence-corrected chi connectivity index (χ1v) is 7.48. The lowest BCUT2D eigenvalue weighted by molar-refractivity contribution is 0.0706. The van der Waals surface area contributed by atoms with Crippen LogP contribution in [0.25, 0.3) is 0 Å². The molecule has 1 rings (SSSR count). The molecule has 0 aromatic rings. The van der Waals surface area contributed by atoms with Gasteiger partial charge in [-0.25, -0.2) is 8.42 Å². The summed E-state index contributed by atoms with van der Waals surface area (Å²) in [5, 5.41) is 3.33. The van der Waals surface area contributed by atoms with Crippen molar-refractivity contribution in [1.82, 2.24) is 5.32 Å². The highest BCUT2D eigenvalue weighted by atomic mass is 32.2.